The van der Waals surface area contributed by atoms with Crippen molar-refractivity contribution in [3.8, 4) is 17.2 Å². The number of anilines is 2. The summed E-state index contributed by atoms with van der Waals surface area (Å²) in [5.74, 6) is -2.22. The van der Waals surface area contributed by atoms with Crippen LogP contribution in [-0.4, -0.2) is 77.0 Å². The number of sulfonamides is 1. The van der Waals surface area contributed by atoms with Crippen molar-refractivity contribution in [1.82, 2.24) is 15.2 Å². The molecule has 3 heterocycles. The number of nitrogens with zero attached hydrogens (tertiary/aromatic N) is 3. The molecule has 12 nitrogen and oxygen atoms in total. The van der Waals surface area contributed by atoms with Gasteiger partial charge in [-0.2, -0.15) is 0 Å². The van der Waals surface area contributed by atoms with Crippen molar-refractivity contribution in [3.05, 3.63) is 101 Å². The second-order valence-corrected chi connectivity index (χ2v) is 13.3. The third-order valence-corrected chi connectivity index (χ3v) is 10.3. The van der Waals surface area contributed by atoms with E-state index in [4.69, 9.17) is 21.1 Å². The normalized spacial score (nSPS) is 17.7. The Hall–Kier alpha value is -5.06. The lowest BCUT2D eigenvalue weighted by molar-refractivity contribution is -0.275. The molecule has 2 N–H and O–H groups in total. The Labute approximate surface area is 289 Å². The Kier molecular flexibility index (Phi) is 9.28. The molecule has 1 saturated heterocycles. The number of aromatic nitrogens is 1. The molecule has 4 aromatic rings. The van der Waals surface area contributed by atoms with Crippen molar-refractivity contribution in [2.45, 2.75) is 16.7 Å². The van der Waals surface area contributed by atoms with Gasteiger partial charge in [-0.25, -0.2) is 17.5 Å². The van der Waals surface area contributed by atoms with Crippen LogP contribution in [-0.2, 0) is 20.2 Å². The highest BCUT2D eigenvalue weighted by atomic mass is 35.5. The summed E-state index contributed by atoms with van der Waals surface area (Å²) in [7, 11) is -2.65. The number of piperazine rings is 1. The lowest BCUT2D eigenvalue weighted by Crippen LogP contribution is -2.48. The number of ether oxygens (including phenoxy) is 3. The second kappa shape index (κ2) is 13.3. The lowest BCUT2D eigenvalue weighted by Gasteiger charge is -2.31. The minimum Gasteiger partial charge on any atom is -0.497 e. The predicted molar refractivity (Wildman–Crippen MR) is 176 cm³/mol. The summed E-state index contributed by atoms with van der Waals surface area (Å²) in [5, 5.41) is 6.09. The molecule has 2 aliphatic heterocycles. The molecule has 0 bridgehead atoms. The number of alkyl halides is 3. The topological polar surface area (TPSA) is 139 Å². The summed E-state index contributed by atoms with van der Waals surface area (Å²) < 4.78 is 85.0. The van der Waals surface area contributed by atoms with Crippen molar-refractivity contribution in [1.29, 1.82) is 0 Å². The molecule has 17 heteroatoms. The summed E-state index contributed by atoms with van der Waals surface area (Å²) in [6, 6.07) is 15.6. The first-order valence-corrected chi connectivity index (χ1v) is 16.8. The highest BCUT2D eigenvalue weighted by Crippen LogP contribution is 2.55. The van der Waals surface area contributed by atoms with E-state index in [-0.39, 0.29) is 44.7 Å². The average molecular weight is 732 g/mol. The smallest absolute Gasteiger partial charge is 0.497 e. The highest BCUT2D eigenvalue weighted by molar-refractivity contribution is 7.93. The first-order chi connectivity index (χ1) is 23.8. The van der Waals surface area contributed by atoms with Gasteiger partial charge in [0.05, 0.1) is 25.6 Å². The van der Waals surface area contributed by atoms with E-state index in [1.807, 2.05) is 0 Å². The molecule has 1 unspecified atom stereocenters. The largest absolute Gasteiger partial charge is 0.573 e. The molecule has 0 aliphatic carbocycles. The summed E-state index contributed by atoms with van der Waals surface area (Å²) >= 11 is 6.49. The Morgan fingerprint density at radius 2 is 1.70 bits per heavy atom. The van der Waals surface area contributed by atoms with Crippen LogP contribution in [0.1, 0.15) is 16.8 Å². The zero-order valence-corrected chi connectivity index (χ0v) is 28.0. The summed E-state index contributed by atoms with van der Waals surface area (Å²) in [5.41, 5.74) is -1.94. The number of carbonyl (C=O) groups excluding carboxylic acids is 2. The van der Waals surface area contributed by atoms with Crippen molar-refractivity contribution < 1.29 is 45.4 Å². The SMILES string of the molecule is COc1ccc(S(=O)(=O)N2C(=O)C(c3cc(NC(=O)N4CCNCC4)ccn3)(c3ccccc3OC)c3cc(Cl)ccc32)c(OC(F)(F)F)c1. The van der Waals surface area contributed by atoms with E-state index in [2.05, 4.69) is 20.4 Å². The van der Waals surface area contributed by atoms with Gasteiger partial charge in [0.1, 0.15) is 21.8 Å². The van der Waals surface area contributed by atoms with E-state index in [1.165, 1.54) is 56.8 Å². The number of amides is 3. The van der Waals surface area contributed by atoms with Gasteiger partial charge >= 0.3 is 12.4 Å². The number of hydrogen-bond acceptors (Lipinski definition) is 9. The highest BCUT2D eigenvalue weighted by Gasteiger charge is 2.59. The molecule has 0 saturated carbocycles. The van der Waals surface area contributed by atoms with Crippen LogP contribution < -0.4 is 29.1 Å². The summed E-state index contributed by atoms with van der Waals surface area (Å²) in [6.07, 6.45) is -3.95. The van der Waals surface area contributed by atoms with Gasteiger partial charge in [0.2, 0.25) is 0 Å². The molecule has 1 atom stereocenters. The third kappa shape index (κ3) is 6.14. The molecular weight excluding hydrogens is 703 g/mol. The zero-order chi connectivity index (χ0) is 35.8. The van der Waals surface area contributed by atoms with Gasteiger partial charge in [-0.3, -0.25) is 9.78 Å². The average Bonchev–Trinajstić information content (AvgIpc) is 3.36. The maximum atomic E-state index is 15.2. The fraction of sp³-hybridized carbons (Fsp3) is 0.242. The van der Waals surface area contributed by atoms with Crippen LogP contribution in [0.5, 0.6) is 17.2 Å². The first-order valence-electron chi connectivity index (χ1n) is 15.0. The van der Waals surface area contributed by atoms with Crippen LogP contribution in [0, 0.1) is 0 Å². The fourth-order valence-electron chi connectivity index (χ4n) is 6.12. The van der Waals surface area contributed by atoms with E-state index in [1.54, 1.807) is 23.1 Å². The van der Waals surface area contributed by atoms with Crippen LogP contribution in [0.25, 0.3) is 0 Å². The number of para-hydroxylation sites is 1. The van der Waals surface area contributed by atoms with Crippen molar-refractivity contribution >= 4 is 44.9 Å². The Balaban J connectivity index is 1.59. The van der Waals surface area contributed by atoms with Gasteiger partial charge in [0, 0.05) is 60.3 Å². The molecule has 0 radical (unpaired) electrons. The fourth-order valence-corrected chi connectivity index (χ4v) is 7.85. The second-order valence-electron chi connectivity index (χ2n) is 11.1. The van der Waals surface area contributed by atoms with Crippen LogP contribution in [0.15, 0.2) is 83.9 Å². The number of halogens is 4. The standard InChI is InChI=1S/C33H29ClF3N5O7S/c1-47-22-8-10-28(27(19-22)49-33(35,36)37)50(45,46)42-25-9-7-20(34)17-24(25)32(30(42)43,23-5-3-4-6-26(23)48-2)29-18-21(11-12-39-29)40-31(44)41-15-13-38-14-16-41/h3-12,17-19,38H,13-16H2,1-2H3,(H,39,40,44). The van der Waals surface area contributed by atoms with Gasteiger partial charge < -0.3 is 29.7 Å². The number of rotatable bonds is 8. The van der Waals surface area contributed by atoms with Gasteiger partial charge in [0.15, 0.2) is 5.75 Å². The van der Waals surface area contributed by atoms with Crippen molar-refractivity contribution in [2.24, 2.45) is 0 Å². The minimum atomic E-state index is -5.29. The Bertz CT molecular complexity index is 2080. The first kappa shape index (κ1) is 34.8. The van der Waals surface area contributed by atoms with Gasteiger partial charge in [-0.05, 0) is 48.5 Å². The van der Waals surface area contributed by atoms with Crippen LogP contribution >= 0.6 is 11.6 Å². The van der Waals surface area contributed by atoms with E-state index in [9.17, 15) is 26.4 Å². The zero-order valence-electron chi connectivity index (χ0n) is 26.5. The quantitative estimate of drug-likeness (QED) is 0.252. The van der Waals surface area contributed by atoms with Crippen molar-refractivity contribution in [3.63, 3.8) is 0 Å². The van der Waals surface area contributed by atoms with E-state index in [0.717, 1.165) is 18.2 Å². The molecule has 1 fully saturated rings. The monoisotopic (exact) mass is 731 g/mol. The molecule has 1 aromatic heterocycles. The lowest BCUT2D eigenvalue weighted by atomic mass is 9.72. The molecule has 3 aromatic carbocycles. The third-order valence-electron chi connectivity index (χ3n) is 8.29. The number of carbonyl (C=O) groups is 2. The number of hydrogen-bond donors (Lipinski definition) is 2. The number of nitrogens with one attached hydrogen (secondary N) is 2. The predicted octanol–water partition coefficient (Wildman–Crippen LogP) is 5.16. The number of fused-ring (bicyclic) bond motifs is 1. The maximum Gasteiger partial charge on any atom is 0.573 e. The minimum absolute atomic E-state index is 0.0344. The summed E-state index contributed by atoms with van der Waals surface area (Å²) in [4.78, 5) is 33.5. The molecule has 6 rings (SSSR count). The maximum absolute atomic E-state index is 15.2. The molecular formula is C33H29ClF3N5O7S. The molecule has 2 aliphatic rings. The summed E-state index contributed by atoms with van der Waals surface area (Å²) in [6.45, 7) is 2.12. The molecule has 0 spiro atoms. The van der Waals surface area contributed by atoms with Gasteiger partial charge in [0.25, 0.3) is 15.9 Å². The van der Waals surface area contributed by atoms with E-state index >= 15 is 4.79 Å². The van der Waals surface area contributed by atoms with Gasteiger partial charge in [-0.1, -0.05) is 29.8 Å². The number of pyridine rings is 1. The van der Waals surface area contributed by atoms with E-state index in [0.29, 0.717) is 30.5 Å². The Morgan fingerprint density at radius 1 is 0.960 bits per heavy atom. The van der Waals surface area contributed by atoms with Crippen LogP contribution in [0.2, 0.25) is 5.02 Å². The van der Waals surface area contributed by atoms with Gasteiger partial charge in [-0.15, -0.1) is 13.2 Å². The number of urea groups is 1. The number of benzene rings is 3. The molecule has 3 amide bonds. The number of methoxy groups -OCH3 is 2. The van der Waals surface area contributed by atoms with Crippen LogP contribution in [0.4, 0.5) is 29.3 Å². The van der Waals surface area contributed by atoms with Crippen LogP contribution in [0.3, 0.4) is 0 Å². The molecule has 262 valence electrons. The molecule has 50 heavy (non-hydrogen) atoms. The van der Waals surface area contributed by atoms with E-state index < -0.39 is 44.4 Å². The van der Waals surface area contributed by atoms with Crippen molar-refractivity contribution in [2.75, 3.05) is 50.0 Å². The Morgan fingerprint density at radius 3 is 2.40 bits per heavy atom.